The fraction of sp³-hybridized carbons (Fsp3) is 0.900. The Morgan fingerprint density at radius 3 is 2.03 bits per heavy atom. The SMILES string of the molecule is CCCCOC(OCCCC)[C@H](CCCN=C(N)N)NC(=O)[C@@H](N)CC(C)C.Cl. The number of nitrogens with one attached hydrogen (secondary N) is 1. The van der Waals surface area contributed by atoms with Crippen molar-refractivity contribution in [1.82, 2.24) is 5.32 Å². The molecule has 0 aliphatic heterocycles. The van der Waals surface area contributed by atoms with Crippen LogP contribution in [0, 0.1) is 5.92 Å². The number of guanidine groups is 1. The monoisotopic (exact) mass is 437 g/mol. The lowest BCUT2D eigenvalue weighted by atomic mass is 10.0. The van der Waals surface area contributed by atoms with Crippen molar-refractivity contribution >= 4 is 24.3 Å². The molecule has 0 aromatic heterocycles. The van der Waals surface area contributed by atoms with Crippen LogP contribution in [0.2, 0.25) is 0 Å². The van der Waals surface area contributed by atoms with Crippen LogP contribution in [0.5, 0.6) is 0 Å². The van der Waals surface area contributed by atoms with Gasteiger partial charge >= 0.3 is 0 Å². The van der Waals surface area contributed by atoms with Crippen molar-refractivity contribution in [2.24, 2.45) is 28.1 Å². The second-order valence-electron chi connectivity index (χ2n) is 7.62. The van der Waals surface area contributed by atoms with Gasteiger partial charge in [0.05, 0.1) is 12.1 Å². The summed E-state index contributed by atoms with van der Waals surface area (Å²) >= 11 is 0. The van der Waals surface area contributed by atoms with Crippen molar-refractivity contribution in [3.63, 3.8) is 0 Å². The molecule has 2 atom stereocenters. The summed E-state index contributed by atoms with van der Waals surface area (Å²) in [5.74, 6) is 0.233. The highest BCUT2D eigenvalue weighted by atomic mass is 35.5. The van der Waals surface area contributed by atoms with E-state index in [0.717, 1.165) is 25.7 Å². The highest BCUT2D eigenvalue weighted by molar-refractivity contribution is 5.85. The second-order valence-corrected chi connectivity index (χ2v) is 7.62. The van der Waals surface area contributed by atoms with Crippen molar-refractivity contribution in [3.05, 3.63) is 0 Å². The van der Waals surface area contributed by atoms with Gasteiger partial charge in [-0.15, -0.1) is 12.4 Å². The van der Waals surface area contributed by atoms with E-state index in [2.05, 4.69) is 24.2 Å². The standard InChI is InChI=1S/C20H43N5O3.ClH/c1-5-7-12-27-19(28-13-8-6-2)17(10-9-11-24-20(22)23)25-18(26)16(21)14-15(3)4;/h15-17,19H,5-14,21H2,1-4H3,(H,25,26)(H4,22,23,24);1H/t16-,17-;/m0./s1. The smallest absolute Gasteiger partial charge is 0.237 e. The van der Waals surface area contributed by atoms with Crippen molar-refractivity contribution in [3.8, 4) is 0 Å². The first kappa shape index (κ1) is 30.1. The Hall–Kier alpha value is -1.09. The van der Waals surface area contributed by atoms with Crippen LogP contribution in [0.4, 0.5) is 0 Å². The second kappa shape index (κ2) is 18.9. The third-order valence-electron chi connectivity index (χ3n) is 4.25. The molecular weight excluding hydrogens is 394 g/mol. The lowest BCUT2D eigenvalue weighted by molar-refractivity contribution is -0.165. The average molecular weight is 438 g/mol. The molecule has 0 radical (unpaired) electrons. The number of hydrogen-bond acceptors (Lipinski definition) is 5. The molecule has 0 unspecified atom stereocenters. The molecule has 9 heteroatoms. The van der Waals surface area contributed by atoms with Crippen LogP contribution in [0.15, 0.2) is 4.99 Å². The highest BCUT2D eigenvalue weighted by Gasteiger charge is 2.27. The minimum absolute atomic E-state index is 0. The molecular formula is C20H44ClN5O3. The van der Waals surface area contributed by atoms with Crippen molar-refractivity contribution in [2.45, 2.75) is 91.0 Å². The molecule has 0 aliphatic rings. The molecule has 0 bridgehead atoms. The number of hydrogen-bond donors (Lipinski definition) is 4. The summed E-state index contributed by atoms with van der Waals surface area (Å²) in [5, 5.41) is 3.04. The Balaban J connectivity index is 0. The van der Waals surface area contributed by atoms with Crippen LogP contribution in [-0.2, 0) is 14.3 Å². The van der Waals surface area contributed by atoms with E-state index in [1.807, 2.05) is 13.8 Å². The third kappa shape index (κ3) is 16.4. The Labute approximate surface area is 183 Å². The maximum Gasteiger partial charge on any atom is 0.237 e. The molecule has 174 valence electrons. The molecule has 0 saturated heterocycles. The molecule has 0 rings (SSSR count). The van der Waals surface area contributed by atoms with E-state index in [-0.39, 0.29) is 30.3 Å². The Morgan fingerprint density at radius 1 is 1.03 bits per heavy atom. The number of nitrogens with zero attached hydrogens (tertiary/aromatic N) is 1. The van der Waals surface area contributed by atoms with Gasteiger partial charge < -0.3 is 32.0 Å². The van der Waals surface area contributed by atoms with E-state index >= 15 is 0 Å². The molecule has 0 aromatic carbocycles. The zero-order valence-electron chi connectivity index (χ0n) is 18.7. The van der Waals surface area contributed by atoms with Crippen molar-refractivity contribution in [1.29, 1.82) is 0 Å². The third-order valence-corrected chi connectivity index (χ3v) is 4.25. The van der Waals surface area contributed by atoms with Crippen molar-refractivity contribution < 1.29 is 14.3 Å². The van der Waals surface area contributed by atoms with Gasteiger partial charge in [-0.25, -0.2) is 0 Å². The summed E-state index contributed by atoms with van der Waals surface area (Å²) in [7, 11) is 0. The lowest BCUT2D eigenvalue weighted by Crippen LogP contribution is -2.51. The minimum Gasteiger partial charge on any atom is -0.370 e. The molecule has 1 amide bonds. The van der Waals surface area contributed by atoms with Crippen LogP contribution in [0.25, 0.3) is 0 Å². The number of ether oxygens (including phenoxy) is 2. The Bertz CT molecular complexity index is 424. The van der Waals surface area contributed by atoms with Gasteiger partial charge in [-0.3, -0.25) is 9.79 Å². The topological polar surface area (TPSA) is 138 Å². The maximum absolute atomic E-state index is 12.6. The van der Waals surface area contributed by atoms with Crippen LogP contribution >= 0.6 is 12.4 Å². The molecule has 0 aromatic rings. The van der Waals surface area contributed by atoms with Crippen LogP contribution in [0.1, 0.15) is 72.6 Å². The Morgan fingerprint density at radius 2 is 1.59 bits per heavy atom. The molecule has 0 heterocycles. The average Bonchev–Trinajstić information content (AvgIpc) is 2.62. The number of halogens is 1. The van der Waals surface area contributed by atoms with Gasteiger partial charge in [-0.05, 0) is 38.0 Å². The minimum atomic E-state index is -0.549. The zero-order valence-corrected chi connectivity index (χ0v) is 19.5. The molecule has 0 fully saturated rings. The van der Waals surface area contributed by atoms with Crippen LogP contribution < -0.4 is 22.5 Å². The molecule has 0 saturated carbocycles. The van der Waals surface area contributed by atoms with E-state index in [1.54, 1.807) is 0 Å². The number of unbranched alkanes of at least 4 members (excludes halogenated alkanes) is 2. The van der Waals surface area contributed by atoms with E-state index in [4.69, 9.17) is 26.7 Å². The number of carbonyl (C=O) groups is 1. The fourth-order valence-corrected chi connectivity index (χ4v) is 2.67. The van der Waals surface area contributed by atoms with E-state index < -0.39 is 12.3 Å². The summed E-state index contributed by atoms with van der Waals surface area (Å²) in [4.78, 5) is 16.6. The maximum atomic E-state index is 12.6. The summed E-state index contributed by atoms with van der Waals surface area (Å²) in [6.45, 7) is 9.97. The predicted molar refractivity (Wildman–Crippen MR) is 122 cm³/mol. The number of aliphatic imine (C=N–C) groups is 1. The summed E-state index contributed by atoms with van der Waals surface area (Å²) in [5.41, 5.74) is 16.8. The highest BCUT2D eigenvalue weighted by Crippen LogP contribution is 2.12. The molecule has 8 nitrogen and oxygen atoms in total. The van der Waals surface area contributed by atoms with E-state index in [9.17, 15) is 4.79 Å². The normalized spacial score (nSPS) is 13.1. The van der Waals surface area contributed by atoms with E-state index in [0.29, 0.717) is 44.9 Å². The van der Waals surface area contributed by atoms with E-state index in [1.165, 1.54) is 0 Å². The van der Waals surface area contributed by atoms with Gasteiger partial charge in [0.1, 0.15) is 0 Å². The number of carbonyl (C=O) groups excluding carboxylic acids is 1. The molecule has 29 heavy (non-hydrogen) atoms. The van der Waals surface area contributed by atoms with Gasteiger partial charge in [0.15, 0.2) is 12.2 Å². The van der Waals surface area contributed by atoms with Gasteiger partial charge in [0.2, 0.25) is 5.91 Å². The van der Waals surface area contributed by atoms with Crippen molar-refractivity contribution in [2.75, 3.05) is 19.8 Å². The molecule has 0 spiro atoms. The first-order valence-corrected chi connectivity index (χ1v) is 10.7. The number of nitrogens with two attached hydrogens (primary N) is 3. The van der Waals surface area contributed by atoms with Gasteiger partial charge in [0, 0.05) is 19.8 Å². The van der Waals surface area contributed by atoms with Gasteiger partial charge in [-0.1, -0.05) is 40.5 Å². The molecule has 7 N–H and O–H groups in total. The Kier molecular flexibility index (Phi) is 19.6. The number of rotatable bonds is 17. The number of amides is 1. The van der Waals surface area contributed by atoms with Gasteiger partial charge in [-0.2, -0.15) is 0 Å². The largest absolute Gasteiger partial charge is 0.370 e. The summed E-state index contributed by atoms with van der Waals surface area (Å²) in [6.07, 6.45) is 5.40. The van der Waals surface area contributed by atoms with Crippen LogP contribution in [0.3, 0.4) is 0 Å². The predicted octanol–water partition coefficient (Wildman–Crippen LogP) is 2.28. The first-order chi connectivity index (χ1) is 13.3. The lowest BCUT2D eigenvalue weighted by Gasteiger charge is -2.29. The fourth-order valence-electron chi connectivity index (χ4n) is 2.67. The zero-order chi connectivity index (χ0) is 21.4. The molecule has 0 aliphatic carbocycles. The quantitative estimate of drug-likeness (QED) is 0.119. The summed E-state index contributed by atoms with van der Waals surface area (Å²) in [6, 6.07) is -0.847. The first-order valence-electron chi connectivity index (χ1n) is 10.7. The van der Waals surface area contributed by atoms with Gasteiger partial charge in [0.25, 0.3) is 0 Å². The summed E-state index contributed by atoms with van der Waals surface area (Å²) < 4.78 is 11.9. The van der Waals surface area contributed by atoms with Crippen LogP contribution in [-0.4, -0.2) is 50.0 Å².